The van der Waals surface area contributed by atoms with E-state index in [-0.39, 0.29) is 12.1 Å². The maximum atomic E-state index is 14.0. The van der Waals surface area contributed by atoms with Crippen molar-refractivity contribution in [1.82, 2.24) is 0 Å². The molecule has 29 heavy (non-hydrogen) atoms. The van der Waals surface area contributed by atoms with Crippen molar-refractivity contribution in [1.29, 1.82) is 0 Å². The number of benzene rings is 3. The van der Waals surface area contributed by atoms with Crippen molar-refractivity contribution in [2.75, 3.05) is 5.32 Å². The number of halogens is 5. The van der Waals surface area contributed by atoms with Crippen LogP contribution in [0.3, 0.4) is 0 Å². The van der Waals surface area contributed by atoms with E-state index in [1.165, 1.54) is 0 Å². The minimum absolute atomic E-state index is 0.0361. The van der Waals surface area contributed by atoms with Crippen LogP contribution in [0, 0.1) is 5.82 Å². The van der Waals surface area contributed by atoms with Gasteiger partial charge in [0.05, 0.1) is 5.56 Å². The molecule has 0 heterocycles. The summed E-state index contributed by atoms with van der Waals surface area (Å²) in [6.07, 6.45) is -3.80. The number of nitrogens with one attached hydrogen (secondary N) is 1. The Morgan fingerprint density at radius 2 is 1.69 bits per heavy atom. The Labute approximate surface area is 171 Å². The average Bonchev–Trinajstić information content (AvgIpc) is 2.68. The van der Waals surface area contributed by atoms with Crippen LogP contribution in [-0.4, -0.2) is 0 Å². The van der Waals surface area contributed by atoms with E-state index in [4.69, 9.17) is 16.3 Å². The molecule has 0 bridgehead atoms. The molecule has 0 aromatic heterocycles. The maximum absolute atomic E-state index is 14.0. The second-order valence-electron chi connectivity index (χ2n) is 6.39. The fourth-order valence-corrected chi connectivity index (χ4v) is 3.01. The predicted molar refractivity (Wildman–Crippen MR) is 106 cm³/mol. The van der Waals surface area contributed by atoms with Crippen molar-refractivity contribution in [3.8, 4) is 11.5 Å². The van der Waals surface area contributed by atoms with E-state index in [2.05, 4.69) is 5.32 Å². The molecule has 0 atom stereocenters. The molecule has 1 N–H and O–H groups in total. The third-order valence-electron chi connectivity index (χ3n) is 4.33. The van der Waals surface area contributed by atoms with E-state index in [9.17, 15) is 17.6 Å². The molecule has 0 fully saturated rings. The zero-order chi connectivity index (χ0) is 21.0. The molecule has 0 aliphatic heterocycles. The Hall–Kier alpha value is -2.73. The Morgan fingerprint density at radius 3 is 2.38 bits per heavy atom. The quantitative estimate of drug-likeness (QED) is 0.415. The summed E-state index contributed by atoms with van der Waals surface area (Å²) in [6.45, 7) is 2.03. The van der Waals surface area contributed by atoms with Gasteiger partial charge >= 0.3 is 6.18 Å². The van der Waals surface area contributed by atoms with Crippen LogP contribution in [0.4, 0.5) is 23.2 Å². The van der Waals surface area contributed by atoms with Crippen molar-refractivity contribution in [2.45, 2.75) is 26.1 Å². The second kappa shape index (κ2) is 8.74. The smallest absolute Gasteiger partial charge is 0.416 e. The Bertz CT molecular complexity index is 1000. The van der Waals surface area contributed by atoms with Gasteiger partial charge in [0.25, 0.3) is 0 Å². The zero-order valence-electron chi connectivity index (χ0n) is 15.5. The molecule has 3 rings (SSSR count). The van der Waals surface area contributed by atoms with Gasteiger partial charge in [-0.15, -0.1) is 0 Å². The lowest BCUT2D eigenvalue weighted by Gasteiger charge is -2.12. The number of hydrogen-bond acceptors (Lipinski definition) is 2. The topological polar surface area (TPSA) is 21.3 Å². The summed E-state index contributed by atoms with van der Waals surface area (Å²) >= 11 is 6.11. The summed E-state index contributed by atoms with van der Waals surface area (Å²) in [4.78, 5) is 0. The molecule has 0 unspecified atom stereocenters. The highest BCUT2D eigenvalue weighted by Gasteiger charge is 2.31. The van der Waals surface area contributed by atoms with Gasteiger partial charge in [-0.3, -0.25) is 0 Å². The van der Waals surface area contributed by atoms with Gasteiger partial charge in [-0.2, -0.15) is 13.2 Å². The van der Waals surface area contributed by atoms with Gasteiger partial charge in [0.15, 0.2) is 0 Å². The summed E-state index contributed by atoms with van der Waals surface area (Å²) in [7, 11) is 0. The number of rotatable bonds is 6. The van der Waals surface area contributed by atoms with Crippen LogP contribution in [0.15, 0.2) is 60.7 Å². The van der Waals surface area contributed by atoms with Crippen molar-refractivity contribution < 1.29 is 22.3 Å². The predicted octanol–water partition coefficient (Wildman–Crippen LogP) is 7.46. The maximum Gasteiger partial charge on any atom is 0.416 e. The van der Waals surface area contributed by atoms with Crippen LogP contribution in [0.25, 0.3) is 0 Å². The standard InChI is InChI=1S/C22H18ClF4NO/c1-2-14-10-19(8-9-20(14)23)29-18-5-3-4-17(12-18)28-13-15-6-7-16(11-21(15)24)22(25,26)27/h3-12,28H,2,13H2,1H3. The molecule has 152 valence electrons. The number of hydrogen-bond donors (Lipinski definition) is 1. The molecule has 0 radical (unpaired) electrons. The Kier molecular flexibility index (Phi) is 6.33. The first-order valence-corrected chi connectivity index (χ1v) is 9.30. The SMILES string of the molecule is CCc1cc(Oc2cccc(NCc3ccc(C(F)(F)F)cc3F)c2)ccc1Cl. The molecule has 0 aliphatic rings. The van der Waals surface area contributed by atoms with E-state index in [0.29, 0.717) is 28.3 Å². The highest BCUT2D eigenvalue weighted by Crippen LogP contribution is 2.31. The lowest BCUT2D eigenvalue weighted by atomic mass is 10.1. The number of anilines is 1. The van der Waals surface area contributed by atoms with Crippen LogP contribution in [0.5, 0.6) is 11.5 Å². The molecule has 0 aliphatic carbocycles. The van der Waals surface area contributed by atoms with Gasteiger partial charge in [0, 0.05) is 28.9 Å². The molecule has 3 aromatic rings. The van der Waals surface area contributed by atoms with Crippen LogP contribution in [0.1, 0.15) is 23.6 Å². The van der Waals surface area contributed by atoms with Crippen LogP contribution in [-0.2, 0) is 19.1 Å². The van der Waals surface area contributed by atoms with Crippen molar-refractivity contribution in [3.63, 3.8) is 0 Å². The van der Waals surface area contributed by atoms with Gasteiger partial charge in [-0.05, 0) is 54.4 Å². The van der Waals surface area contributed by atoms with E-state index in [1.807, 2.05) is 13.0 Å². The van der Waals surface area contributed by atoms with Crippen LogP contribution in [0.2, 0.25) is 5.02 Å². The number of aryl methyl sites for hydroxylation is 1. The third kappa shape index (κ3) is 5.41. The average molecular weight is 424 g/mol. The Balaban J connectivity index is 1.69. The van der Waals surface area contributed by atoms with Crippen molar-refractivity contribution >= 4 is 17.3 Å². The first-order chi connectivity index (χ1) is 13.8. The first-order valence-electron chi connectivity index (χ1n) is 8.92. The highest BCUT2D eigenvalue weighted by atomic mass is 35.5. The fraction of sp³-hybridized carbons (Fsp3) is 0.182. The zero-order valence-corrected chi connectivity index (χ0v) is 16.2. The minimum atomic E-state index is -4.57. The number of ether oxygens (including phenoxy) is 1. The highest BCUT2D eigenvalue weighted by molar-refractivity contribution is 6.31. The van der Waals surface area contributed by atoms with Gasteiger partial charge in [0.1, 0.15) is 17.3 Å². The lowest BCUT2D eigenvalue weighted by molar-refractivity contribution is -0.137. The summed E-state index contributed by atoms with van der Waals surface area (Å²) < 4.78 is 57.7. The van der Waals surface area contributed by atoms with Crippen molar-refractivity contribution in [2.24, 2.45) is 0 Å². The van der Waals surface area contributed by atoms with E-state index in [1.54, 1.807) is 36.4 Å². The molecule has 3 aromatic carbocycles. The van der Waals surface area contributed by atoms with Gasteiger partial charge in [0.2, 0.25) is 0 Å². The molecule has 0 saturated carbocycles. The third-order valence-corrected chi connectivity index (χ3v) is 4.70. The monoisotopic (exact) mass is 423 g/mol. The first kappa shape index (κ1) is 21.0. The molecule has 0 spiro atoms. The number of alkyl halides is 3. The van der Waals surface area contributed by atoms with Gasteiger partial charge < -0.3 is 10.1 Å². The van der Waals surface area contributed by atoms with Crippen LogP contribution < -0.4 is 10.1 Å². The lowest BCUT2D eigenvalue weighted by Crippen LogP contribution is -2.08. The molecular formula is C22H18ClF4NO. The van der Waals surface area contributed by atoms with Crippen LogP contribution >= 0.6 is 11.6 Å². The molecule has 2 nitrogen and oxygen atoms in total. The van der Waals surface area contributed by atoms with E-state index in [0.717, 1.165) is 24.1 Å². The summed E-state index contributed by atoms with van der Waals surface area (Å²) in [6, 6.07) is 14.9. The van der Waals surface area contributed by atoms with Gasteiger partial charge in [-0.1, -0.05) is 30.7 Å². The van der Waals surface area contributed by atoms with E-state index < -0.39 is 17.6 Å². The van der Waals surface area contributed by atoms with Crippen molar-refractivity contribution in [3.05, 3.63) is 88.2 Å². The second-order valence-corrected chi connectivity index (χ2v) is 6.80. The minimum Gasteiger partial charge on any atom is -0.457 e. The molecular weight excluding hydrogens is 406 g/mol. The van der Waals surface area contributed by atoms with E-state index >= 15 is 0 Å². The summed E-state index contributed by atoms with van der Waals surface area (Å²) in [5.41, 5.74) is 0.737. The largest absolute Gasteiger partial charge is 0.457 e. The fourth-order valence-electron chi connectivity index (χ4n) is 2.76. The van der Waals surface area contributed by atoms with Gasteiger partial charge in [-0.25, -0.2) is 4.39 Å². The normalized spacial score (nSPS) is 11.4. The summed E-state index contributed by atoms with van der Waals surface area (Å²) in [5, 5.41) is 3.67. The molecule has 7 heteroatoms. The molecule has 0 saturated heterocycles. The summed E-state index contributed by atoms with van der Waals surface area (Å²) in [5.74, 6) is 0.289. The molecule has 0 amide bonds. The Morgan fingerprint density at radius 1 is 0.931 bits per heavy atom.